The van der Waals surface area contributed by atoms with Gasteiger partial charge in [-0.2, -0.15) is 0 Å². The van der Waals surface area contributed by atoms with Crippen LogP contribution in [0.3, 0.4) is 0 Å². The first kappa shape index (κ1) is 15.2. The van der Waals surface area contributed by atoms with Crippen LogP contribution in [0.4, 0.5) is 4.39 Å². The zero-order chi connectivity index (χ0) is 13.7. The molecule has 102 valence electrons. The summed E-state index contributed by atoms with van der Waals surface area (Å²) in [6.45, 7) is 12.9. The summed E-state index contributed by atoms with van der Waals surface area (Å²) < 4.78 is 13.3. The van der Waals surface area contributed by atoms with Crippen LogP contribution in [-0.2, 0) is 0 Å². The van der Waals surface area contributed by atoms with E-state index in [2.05, 4.69) is 39.9 Å². The molecule has 18 heavy (non-hydrogen) atoms. The van der Waals surface area contributed by atoms with E-state index in [1.54, 1.807) is 6.07 Å². The van der Waals surface area contributed by atoms with Crippen molar-refractivity contribution in [3.63, 3.8) is 0 Å². The monoisotopic (exact) mass is 251 g/mol. The zero-order valence-corrected chi connectivity index (χ0v) is 12.3. The molecule has 0 radical (unpaired) electrons. The maximum atomic E-state index is 13.3. The molecule has 0 aliphatic heterocycles. The fraction of sp³-hybridized carbons (Fsp3) is 0.625. The molecule has 0 saturated heterocycles. The highest BCUT2D eigenvalue weighted by Gasteiger charge is 2.16. The predicted octanol–water partition coefficient (Wildman–Crippen LogP) is 4.12. The zero-order valence-electron chi connectivity index (χ0n) is 12.3. The van der Waals surface area contributed by atoms with Crippen LogP contribution in [0.15, 0.2) is 18.2 Å². The van der Waals surface area contributed by atoms with Crippen molar-refractivity contribution in [1.82, 2.24) is 5.32 Å². The third-order valence-corrected chi connectivity index (χ3v) is 3.60. The highest BCUT2D eigenvalue weighted by molar-refractivity contribution is 5.30. The van der Waals surface area contributed by atoms with Crippen molar-refractivity contribution >= 4 is 0 Å². The Morgan fingerprint density at radius 2 is 1.78 bits per heavy atom. The Morgan fingerprint density at radius 3 is 2.39 bits per heavy atom. The van der Waals surface area contributed by atoms with Crippen molar-refractivity contribution in [2.45, 2.75) is 40.5 Å². The summed E-state index contributed by atoms with van der Waals surface area (Å²) in [6, 6.07) is 5.08. The maximum absolute atomic E-state index is 13.3. The van der Waals surface area contributed by atoms with E-state index in [1.807, 2.05) is 6.07 Å². The van der Waals surface area contributed by atoms with E-state index >= 15 is 0 Å². The quantitative estimate of drug-likeness (QED) is 0.802. The molecule has 1 nitrogen and oxygen atoms in total. The largest absolute Gasteiger partial charge is 0.316 e. The summed E-state index contributed by atoms with van der Waals surface area (Å²) in [5, 5.41) is 3.48. The van der Waals surface area contributed by atoms with Gasteiger partial charge in [0.25, 0.3) is 0 Å². The fourth-order valence-electron chi connectivity index (χ4n) is 2.18. The minimum Gasteiger partial charge on any atom is -0.316 e. The van der Waals surface area contributed by atoms with E-state index in [0.717, 1.165) is 18.7 Å². The molecule has 0 heterocycles. The van der Waals surface area contributed by atoms with Gasteiger partial charge in [0.15, 0.2) is 0 Å². The van der Waals surface area contributed by atoms with Crippen molar-refractivity contribution in [1.29, 1.82) is 0 Å². The SMILES string of the molecule is Cc1ccc(F)cc1C(C)C(C)CNCC(C)C. The number of benzene rings is 1. The van der Waals surface area contributed by atoms with Gasteiger partial charge in [0.2, 0.25) is 0 Å². The topological polar surface area (TPSA) is 12.0 Å². The molecule has 1 aromatic rings. The predicted molar refractivity (Wildman–Crippen MR) is 76.4 cm³/mol. The second-order valence-electron chi connectivity index (χ2n) is 5.82. The summed E-state index contributed by atoms with van der Waals surface area (Å²) in [5.41, 5.74) is 2.31. The molecule has 1 aromatic carbocycles. The third kappa shape index (κ3) is 4.41. The van der Waals surface area contributed by atoms with Crippen LogP contribution in [0.2, 0.25) is 0 Å². The van der Waals surface area contributed by atoms with Gasteiger partial charge >= 0.3 is 0 Å². The molecule has 0 fully saturated rings. The van der Waals surface area contributed by atoms with Crippen molar-refractivity contribution in [2.24, 2.45) is 11.8 Å². The van der Waals surface area contributed by atoms with Gasteiger partial charge in [0.05, 0.1) is 0 Å². The molecule has 0 amide bonds. The van der Waals surface area contributed by atoms with Gasteiger partial charge in [0, 0.05) is 0 Å². The van der Waals surface area contributed by atoms with Gasteiger partial charge in [-0.1, -0.05) is 33.8 Å². The van der Waals surface area contributed by atoms with Crippen LogP contribution >= 0.6 is 0 Å². The molecule has 0 aliphatic carbocycles. The number of hydrogen-bond acceptors (Lipinski definition) is 1. The van der Waals surface area contributed by atoms with E-state index in [-0.39, 0.29) is 5.82 Å². The Morgan fingerprint density at radius 1 is 1.11 bits per heavy atom. The van der Waals surface area contributed by atoms with Gasteiger partial charge < -0.3 is 5.32 Å². The van der Waals surface area contributed by atoms with E-state index in [4.69, 9.17) is 0 Å². The van der Waals surface area contributed by atoms with Crippen molar-refractivity contribution < 1.29 is 4.39 Å². The lowest BCUT2D eigenvalue weighted by molar-refractivity contribution is 0.426. The summed E-state index contributed by atoms with van der Waals surface area (Å²) in [6.07, 6.45) is 0. The molecule has 0 bridgehead atoms. The Labute approximate surface area is 111 Å². The van der Waals surface area contributed by atoms with Gasteiger partial charge in [0.1, 0.15) is 5.82 Å². The minimum atomic E-state index is -0.134. The van der Waals surface area contributed by atoms with Crippen LogP contribution in [0.5, 0.6) is 0 Å². The second kappa shape index (κ2) is 6.89. The van der Waals surface area contributed by atoms with E-state index in [0.29, 0.717) is 17.8 Å². The van der Waals surface area contributed by atoms with Crippen molar-refractivity contribution in [3.05, 3.63) is 35.1 Å². The van der Waals surface area contributed by atoms with Crippen molar-refractivity contribution in [3.8, 4) is 0 Å². The minimum absolute atomic E-state index is 0.134. The highest BCUT2D eigenvalue weighted by Crippen LogP contribution is 2.27. The number of aryl methyl sites for hydroxylation is 1. The first-order valence-corrected chi connectivity index (χ1v) is 6.88. The van der Waals surface area contributed by atoms with Gasteiger partial charge in [-0.25, -0.2) is 4.39 Å². The lowest BCUT2D eigenvalue weighted by atomic mass is 9.86. The van der Waals surface area contributed by atoms with E-state index in [9.17, 15) is 4.39 Å². The molecule has 2 heteroatoms. The Bertz CT molecular complexity index is 373. The molecule has 0 spiro atoms. The van der Waals surface area contributed by atoms with E-state index in [1.165, 1.54) is 11.6 Å². The van der Waals surface area contributed by atoms with Crippen LogP contribution in [0.25, 0.3) is 0 Å². The molecular weight excluding hydrogens is 225 g/mol. The lowest BCUT2D eigenvalue weighted by Gasteiger charge is -2.23. The number of halogens is 1. The van der Waals surface area contributed by atoms with Crippen LogP contribution < -0.4 is 5.32 Å². The van der Waals surface area contributed by atoms with Gasteiger partial charge in [-0.15, -0.1) is 0 Å². The number of nitrogens with one attached hydrogen (secondary N) is 1. The summed E-state index contributed by atoms with van der Waals surface area (Å²) in [5.74, 6) is 1.41. The van der Waals surface area contributed by atoms with Crippen LogP contribution in [-0.4, -0.2) is 13.1 Å². The molecule has 1 rings (SSSR count). The molecular formula is C16H26FN. The standard InChI is InChI=1S/C16H26FN/c1-11(2)9-18-10-13(4)14(5)16-8-15(17)7-6-12(16)3/h6-8,11,13-14,18H,9-10H2,1-5H3. The summed E-state index contributed by atoms with van der Waals surface area (Å²) >= 11 is 0. The average Bonchev–Trinajstić information content (AvgIpc) is 2.30. The second-order valence-corrected chi connectivity index (χ2v) is 5.82. The van der Waals surface area contributed by atoms with Gasteiger partial charge in [-0.3, -0.25) is 0 Å². The molecule has 2 atom stereocenters. The molecule has 0 saturated carbocycles. The summed E-state index contributed by atoms with van der Waals surface area (Å²) in [7, 11) is 0. The van der Waals surface area contributed by atoms with E-state index < -0.39 is 0 Å². The first-order chi connectivity index (χ1) is 8.41. The van der Waals surface area contributed by atoms with Crippen LogP contribution in [0, 0.1) is 24.6 Å². The Hall–Kier alpha value is -0.890. The van der Waals surface area contributed by atoms with Crippen molar-refractivity contribution in [2.75, 3.05) is 13.1 Å². The third-order valence-electron chi connectivity index (χ3n) is 3.60. The maximum Gasteiger partial charge on any atom is 0.123 e. The molecule has 2 unspecified atom stereocenters. The molecule has 1 N–H and O–H groups in total. The number of rotatable bonds is 6. The lowest BCUT2D eigenvalue weighted by Crippen LogP contribution is -2.27. The average molecular weight is 251 g/mol. The molecule has 0 aromatic heterocycles. The smallest absolute Gasteiger partial charge is 0.123 e. The Kier molecular flexibility index (Phi) is 5.80. The highest BCUT2D eigenvalue weighted by atomic mass is 19.1. The first-order valence-electron chi connectivity index (χ1n) is 6.88. The summed E-state index contributed by atoms with van der Waals surface area (Å²) in [4.78, 5) is 0. The fourth-order valence-corrected chi connectivity index (χ4v) is 2.18. The van der Waals surface area contributed by atoms with Gasteiger partial charge in [-0.05, 0) is 61.0 Å². The normalized spacial score (nSPS) is 14.8. The number of hydrogen-bond donors (Lipinski definition) is 1. The molecule has 0 aliphatic rings. The Balaban J connectivity index is 2.62. The van der Waals surface area contributed by atoms with Crippen LogP contribution in [0.1, 0.15) is 44.7 Å².